The standard InChI is InChI=1S/2C33H20N4S.C33H20N2S/c1-4-11-26-22(8-1)23-9-2-5-12-27(23)36(26)21-16-17-29-25(20-21)24-10-3-6-13-28(24)37(29)31-15-7-14-30-32(31)34-33-35(30)18-19-38-33;1-4-10-28-23(7-1)24-8-2-5-11-29(24)36(28)21-13-15-31-26(19-21)25-9-3-6-12-30(25)37(31)22-14-16-32-27(20-22)34-33-35(32)17-18-38-33;1-2-11-27-25(9-1)26-10-3-4-12-28(26)30-20-22(15-16-29(27)30)21-7-5-8-23(19-21)24-13-6-14-31-32(24)34-33-35(31)17-18-36-33/h2*1-20H;1-20H. The summed E-state index contributed by atoms with van der Waals surface area (Å²) in [4.78, 5) is 17.9. The molecule has 0 saturated carbocycles. The van der Waals surface area contributed by atoms with Crippen molar-refractivity contribution in [2.24, 2.45) is 0 Å². The predicted octanol–water partition coefficient (Wildman–Crippen LogP) is 26.8. The van der Waals surface area contributed by atoms with Crippen LogP contribution in [0.1, 0.15) is 0 Å². The first-order chi connectivity index (χ1) is 55.6. The average Bonchev–Trinajstić information content (AvgIpc) is 1.69. The van der Waals surface area contributed by atoms with E-state index < -0.39 is 0 Å². The van der Waals surface area contributed by atoms with Crippen molar-refractivity contribution in [1.29, 1.82) is 0 Å². The first kappa shape index (κ1) is 62.8. The minimum atomic E-state index is 1.02. The number of rotatable bonds is 6. The van der Waals surface area contributed by atoms with Crippen LogP contribution in [0.5, 0.6) is 0 Å². The van der Waals surface area contributed by atoms with E-state index in [1.165, 1.54) is 153 Å². The van der Waals surface area contributed by atoms with Gasteiger partial charge in [-0.05, 0) is 170 Å². The van der Waals surface area contributed by atoms with Gasteiger partial charge in [0.25, 0.3) is 0 Å². The smallest absolute Gasteiger partial charge is 0.194 e. The lowest BCUT2D eigenvalue weighted by molar-refractivity contribution is 1.17. The fourth-order valence-corrected chi connectivity index (χ4v) is 20.2. The van der Waals surface area contributed by atoms with Gasteiger partial charge in [-0.25, -0.2) is 15.0 Å². The quantitative estimate of drug-likeness (QED) is 0.156. The Hall–Kier alpha value is -14.2. The van der Waals surface area contributed by atoms with Gasteiger partial charge in [-0.1, -0.05) is 206 Å². The molecule has 0 amide bonds. The second-order valence-electron chi connectivity index (χ2n) is 28.8. The maximum Gasteiger partial charge on any atom is 0.194 e. The largest absolute Gasteiger partial charge is 0.309 e. The first-order valence-electron chi connectivity index (χ1n) is 37.6. The van der Waals surface area contributed by atoms with Crippen molar-refractivity contribution >= 4 is 202 Å². The number of fused-ring (bicyclic) bond motifs is 27. The summed E-state index contributed by atoms with van der Waals surface area (Å²) in [5.41, 5.74) is 25.5. The molecule has 26 aromatic rings. The Balaban J connectivity index is 0.0000000977. The number of benzene rings is 16. The van der Waals surface area contributed by atoms with Crippen molar-refractivity contribution in [1.82, 2.24) is 46.4 Å². The van der Waals surface area contributed by atoms with E-state index in [-0.39, 0.29) is 0 Å². The number of aromatic nitrogens is 10. The van der Waals surface area contributed by atoms with Gasteiger partial charge in [-0.3, -0.25) is 13.2 Å². The second-order valence-corrected chi connectivity index (χ2v) is 31.4. The number of thiazole rings is 3. The summed E-state index contributed by atoms with van der Waals surface area (Å²) in [7, 11) is 0. The number of imidazole rings is 3. The van der Waals surface area contributed by atoms with Crippen LogP contribution in [0.2, 0.25) is 0 Å². The van der Waals surface area contributed by atoms with E-state index in [0.717, 1.165) is 59.4 Å². The molecule has 0 saturated heterocycles. The minimum absolute atomic E-state index is 1.02. The Labute approximate surface area is 650 Å². The van der Waals surface area contributed by atoms with Crippen molar-refractivity contribution in [3.8, 4) is 45.0 Å². The van der Waals surface area contributed by atoms with E-state index >= 15 is 0 Å². The van der Waals surface area contributed by atoms with Gasteiger partial charge in [0.05, 0.1) is 77.4 Å². The zero-order valence-electron chi connectivity index (χ0n) is 59.8. The van der Waals surface area contributed by atoms with E-state index in [1.54, 1.807) is 34.0 Å². The Morgan fingerprint density at radius 1 is 0.205 bits per heavy atom. The van der Waals surface area contributed by atoms with Crippen molar-refractivity contribution in [2.75, 3.05) is 0 Å². The van der Waals surface area contributed by atoms with Crippen LogP contribution in [0.25, 0.3) is 213 Å². The Bertz CT molecular complexity index is 8240. The van der Waals surface area contributed by atoms with Crippen molar-refractivity contribution in [3.63, 3.8) is 0 Å². The number of hydrogen-bond acceptors (Lipinski definition) is 6. The third-order valence-electron chi connectivity index (χ3n) is 22.9. The lowest BCUT2D eigenvalue weighted by Gasteiger charge is -2.12. The van der Waals surface area contributed by atoms with Gasteiger partial charge in [0.15, 0.2) is 14.9 Å². The Morgan fingerprint density at radius 2 is 0.554 bits per heavy atom. The third kappa shape index (κ3) is 9.45. The van der Waals surface area contributed by atoms with Crippen LogP contribution in [-0.4, -0.2) is 46.4 Å². The molecule has 16 aromatic carbocycles. The fourth-order valence-electron chi connectivity index (χ4n) is 18.0. The average molecular weight is 1490 g/mol. The fraction of sp³-hybridized carbons (Fsp3) is 0. The van der Waals surface area contributed by atoms with E-state index in [0.29, 0.717) is 0 Å². The zero-order valence-corrected chi connectivity index (χ0v) is 62.3. The molecule has 0 spiro atoms. The molecule has 26 rings (SSSR count). The molecule has 13 heteroatoms. The molecule has 0 N–H and O–H groups in total. The third-order valence-corrected chi connectivity index (χ3v) is 25.2. The van der Waals surface area contributed by atoms with Crippen LogP contribution in [0, 0.1) is 0 Å². The molecule has 0 aliphatic carbocycles. The number of hydrogen-bond donors (Lipinski definition) is 0. The van der Waals surface area contributed by atoms with Gasteiger partial charge in [0.2, 0.25) is 0 Å². The van der Waals surface area contributed by atoms with Crippen LogP contribution in [0.3, 0.4) is 0 Å². The van der Waals surface area contributed by atoms with Gasteiger partial charge >= 0.3 is 0 Å². The van der Waals surface area contributed by atoms with Crippen molar-refractivity contribution in [2.45, 2.75) is 0 Å². The summed E-state index contributed by atoms with van der Waals surface area (Å²) in [5.74, 6) is 0. The summed E-state index contributed by atoms with van der Waals surface area (Å²) < 4.78 is 16.0. The minimum Gasteiger partial charge on any atom is -0.309 e. The molecule has 0 unspecified atom stereocenters. The summed E-state index contributed by atoms with van der Waals surface area (Å²) in [6, 6.07) is 119. The van der Waals surface area contributed by atoms with Crippen LogP contribution >= 0.6 is 34.0 Å². The van der Waals surface area contributed by atoms with E-state index in [2.05, 4.69) is 394 Å². The van der Waals surface area contributed by atoms with E-state index in [9.17, 15) is 0 Å². The number of nitrogens with zero attached hydrogens (tertiary/aromatic N) is 10. The van der Waals surface area contributed by atoms with Gasteiger partial charge in [0.1, 0.15) is 5.52 Å². The molecule has 0 atom stereocenters. The predicted molar refractivity (Wildman–Crippen MR) is 472 cm³/mol. The van der Waals surface area contributed by atoms with Gasteiger partial charge < -0.3 is 18.3 Å². The first-order valence-corrected chi connectivity index (χ1v) is 40.2. The van der Waals surface area contributed by atoms with E-state index in [4.69, 9.17) is 15.0 Å². The number of para-hydroxylation sites is 8. The Morgan fingerprint density at radius 3 is 1.07 bits per heavy atom. The molecular formula is C99H60N10S3. The summed E-state index contributed by atoms with van der Waals surface area (Å²) in [6.45, 7) is 0. The highest BCUT2D eigenvalue weighted by Crippen LogP contribution is 2.44. The highest BCUT2D eigenvalue weighted by Gasteiger charge is 2.23. The summed E-state index contributed by atoms with van der Waals surface area (Å²) in [6.07, 6.45) is 6.28. The molecule has 10 nitrogen and oxygen atoms in total. The normalized spacial score (nSPS) is 12.1. The Kier molecular flexibility index (Phi) is 13.8. The highest BCUT2D eigenvalue weighted by molar-refractivity contribution is 7.15. The maximum atomic E-state index is 5.03. The van der Waals surface area contributed by atoms with Gasteiger partial charge in [-0.15, -0.1) is 34.0 Å². The van der Waals surface area contributed by atoms with E-state index in [1.807, 2.05) is 0 Å². The summed E-state index contributed by atoms with van der Waals surface area (Å²) >= 11 is 5.01. The molecule has 0 aliphatic heterocycles. The molecule has 0 aliphatic rings. The molecule has 0 fully saturated rings. The monoisotopic (exact) mass is 1480 g/mol. The molecule has 524 valence electrons. The van der Waals surface area contributed by atoms with Crippen LogP contribution < -0.4 is 0 Å². The topological polar surface area (TPSA) is 71.6 Å². The summed E-state index contributed by atoms with van der Waals surface area (Å²) in [5, 5.41) is 24.1. The van der Waals surface area contributed by atoms with Crippen molar-refractivity contribution in [3.05, 3.63) is 362 Å². The highest BCUT2D eigenvalue weighted by atomic mass is 32.1. The van der Waals surface area contributed by atoms with Gasteiger partial charge in [-0.2, -0.15) is 0 Å². The van der Waals surface area contributed by atoms with Gasteiger partial charge in [0, 0.05) is 100 Å². The molecule has 0 bridgehead atoms. The molecule has 0 radical (unpaired) electrons. The van der Waals surface area contributed by atoms with Crippen molar-refractivity contribution < 1.29 is 0 Å². The molecule has 112 heavy (non-hydrogen) atoms. The maximum absolute atomic E-state index is 5.03. The van der Waals surface area contributed by atoms with Crippen LogP contribution in [0.4, 0.5) is 0 Å². The molecular weight excluding hydrogens is 1430 g/mol. The zero-order chi connectivity index (χ0) is 73.2. The van der Waals surface area contributed by atoms with Crippen LogP contribution in [-0.2, 0) is 0 Å². The SMILES string of the molecule is c1cc(-c2ccc3c4ccccc4c4ccccc4c3c2)cc(-c2cccc3c2nc2sccn23)c1.c1ccc2c(c1)c1ccccc1n2-c1ccc2c(c1)c1ccccc1n2-c1ccc2c(c1)nc1sccn12.c1ccc2c(c1)c1ccccc1n2-c1ccc2c(c1)c1ccccc1n2-c1cccc2c1nc1sccn12. The lowest BCUT2D eigenvalue weighted by Crippen LogP contribution is -1.96. The molecule has 10 heterocycles. The second kappa shape index (κ2) is 24.7. The lowest BCUT2D eigenvalue weighted by atomic mass is 9.91. The van der Waals surface area contributed by atoms with Crippen LogP contribution in [0.15, 0.2) is 362 Å². The molecule has 10 aromatic heterocycles.